The van der Waals surface area contributed by atoms with Crippen molar-refractivity contribution in [2.45, 2.75) is 66.2 Å². The second kappa shape index (κ2) is 7.26. The summed E-state index contributed by atoms with van der Waals surface area (Å²) in [5.74, 6) is -1.25. The van der Waals surface area contributed by atoms with Crippen LogP contribution < -0.4 is 0 Å². The molecule has 19 heavy (non-hydrogen) atoms. The molecule has 2 atom stereocenters. The van der Waals surface area contributed by atoms with Crippen molar-refractivity contribution in [3.63, 3.8) is 0 Å². The number of aliphatic imine (C=N–C) groups is 1. The average molecular weight is 271 g/mol. The van der Waals surface area contributed by atoms with Crippen LogP contribution in [0.25, 0.3) is 0 Å². The van der Waals surface area contributed by atoms with Gasteiger partial charge in [0.15, 0.2) is 6.10 Å². The fourth-order valence-corrected chi connectivity index (χ4v) is 0.996. The van der Waals surface area contributed by atoms with Gasteiger partial charge >= 0.3 is 11.9 Å². The molecule has 5 heteroatoms. The first kappa shape index (κ1) is 17.6. The zero-order valence-electron chi connectivity index (χ0n) is 12.9. The van der Waals surface area contributed by atoms with Crippen molar-refractivity contribution >= 4 is 18.2 Å². The molecule has 2 unspecified atom stereocenters. The normalized spacial score (nSPS) is 15.4. The molecule has 0 aliphatic carbocycles. The Kier molecular flexibility index (Phi) is 6.73. The Morgan fingerprint density at radius 1 is 1.00 bits per heavy atom. The number of carbonyl (C=O) groups is 2. The zero-order chi connectivity index (χ0) is 15.2. The van der Waals surface area contributed by atoms with Crippen molar-refractivity contribution in [3.8, 4) is 0 Å². The van der Waals surface area contributed by atoms with Crippen LogP contribution in [-0.4, -0.2) is 35.9 Å². The average Bonchev–Trinajstić information content (AvgIpc) is 2.25. The monoisotopic (exact) mass is 271 g/mol. The van der Waals surface area contributed by atoms with Crippen molar-refractivity contribution in [3.05, 3.63) is 0 Å². The fourth-order valence-electron chi connectivity index (χ4n) is 0.996. The molecule has 5 nitrogen and oxygen atoms in total. The second-order valence-corrected chi connectivity index (χ2v) is 5.82. The van der Waals surface area contributed by atoms with E-state index in [0.717, 1.165) is 0 Å². The number of carbonyl (C=O) groups excluding carboxylic acids is 2. The molecule has 0 radical (unpaired) electrons. The van der Waals surface area contributed by atoms with Gasteiger partial charge in [-0.1, -0.05) is 13.8 Å². The van der Waals surface area contributed by atoms with E-state index in [1.54, 1.807) is 27.0 Å². The summed E-state index contributed by atoms with van der Waals surface area (Å²) in [5, 5.41) is 0. The van der Waals surface area contributed by atoms with Crippen LogP contribution in [0.3, 0.4) is 0 Å². The van der Waals surface area contributed by atoms with Gasteiger partial charge in [-0.15, -0.1) is 0 Å². The molecule has 0 spiro atoms. The van der Waals surface area contributed by atoms with Crippen molar-refractivity contribution in [1.82, 2.24) is 0 Å². The Morgan fingerprint density at radius 2 is 1.53 bits per heavy atom. The molecule has 0 N–H and O–H groups in total. The molecule has 0 bridgehead atoms. The lowest BCUT2D eigenvalue weighted by molar-refractivity contribution is -0.169. The van der Waals surface area contributed by atoms with E-state index in [9.17, 15) is 9.59 Å². The number of esters is 2. The summed E-state index contributed by atoms with van der Waals surface area (Å²) in [6.45, 7) is 12.5. The van der Waals surface area contributed by atoms with Crippen molar-refractivity contribution in [1.29, 1.82) is 0 Å². The molecule has 0 rings (SSSR count). The maximum Gasteiger partial charge on any atom is 0.347 e. The van der Waals surface area contributed by atoms with Gasteiger partial charge in [0, 0.05) is 6.21 Å². The minimum absolute atomic E-state index is 0.212. The first-order chi connectivity index (χ1) is 8.53. The summed E-state index contributed by atoms with van der Waals surface area (Å²) >= 11 is 0. The highest BCUT2D eigenvalue weighted by molar-refractivity contribution is 5.81. The summed E-state index contributed by atoms with van der Waals surface area (Å²) in [5.41, 5.74) is -0.212. The summed E-state index contributed by atoms with van der Waals surface area (Å²) in [7, 11) is 0. The second-order valence-electron chi connectivity index (χ2n) is 5.82. The van der Waals surface area contributed by atoms with Gasteiger partial charge in [0.2, 0.25) is 0 Å². The maximum atomic E-state index is 11.7. The number of hydrogen-bond donors (Lipinski definition) is 0. The molecule has 0 heterocycles. The standard InChI is InChI=1S/C14H25NO4/c1-9(2)12(16)19-11(4)13(17)18-10(3)8-15-14(5,6)7/h8-11H,1-7H3/b15-8+. The predicted octanol–water partition coefficient (Wildman–Crippen LogP) is 2.38. The fraction of sp³-hybridized carbons (Fsp3) is 0.786. The van der Waals surface area contributed by atoms with Gasteiger partial charge < -0.3 is 9.47 Å². The van der Waals surface area contributed by atoms with Gasteiger partial charge in [-0.3, -0.25) is 9.79 Å². The molecule has 0 aromatic heterocycles. The van der Waals surface area contributed by atoms with E-state index >= 15 is 0 Å². The summed E-state index contributed by atoms with van der Waals surface area (Å²) in [6.07, 6.45) is 0.224. The highest BCUT2D eigenvalue weighted by Gasteiger charge is 2.22. The molecule has 0 fully saturated rings. The van der Waals surface area contributed by atoms with Crippen molar-refractivity contribution in [2.24, 2.45) is 10.9 Å². The Bertz CT molecular complexity index is 342. The molecule has 0 aliphatic heterocycles. The Hall–Kier alpha value is -1.39. The van der Waals surface area contributed by atoms with Gasteiger partial charge in [-0.2, -0.15) is 0 Å². The van der Waals surface area contributed by atoms with E-state index in [1.165, 1.54) is 6.92 Å². The number of hydrogen-bond acceptors (Lipinski definition) is 5. The third-order valence-electron chi connectivity index (χ3n) is 2.07. The number of ether oxygens (including phenoxy) is 2. The molecule has 110 valence electrons. The van der Waals surface area contributed by atoms with Crippen molar-refractivity contribution < 1.29 is 19.1 Å². The van der Waals surface area contributed by atoms with Crippen LogP contribution in [0.4, 0.5) is 0 Å². The summed E-state index contributed by atoms with van der Waals surface area (Å²) in [4.78, 5) is 27.3. The maximum absolute atomic E-state index is 11.7. The van der Waals surface area contributed by atoms with Gasteiger partial charge in [0.25, 0.3) is 0 Å². The Balaban J connectivity index is 4.30. The smallest absolute Gasteiger partial charge is 0.347 e. The van der Waals surface area contributed by atoms with Crippen molar-refractivity contribution in [2.75, 3.05) is 0 Å². The largest absolute Gasteiger partial charge is 0.454 e. The topological polar surface area (TPSA) is 65.0 Å². The quantitative estimate of drug-likeness (QED) is 0.569. The van der Waals surface area contributed by atoms with Crippen LogP contribution in [0.15, 0.2) is 4.99 Å². The summed E-state index contributed by atoms with van der Waals surface area (Å²) in [6, 6.07) is 0. The van der Waals surface area contributed by atoms with Gasteiger partial charge in [0.1, 0.15) is 6.10 Å². The Morgan fingerprint density at radius 3 is 1.95 bits per heavy atom. The van der Waals surface area contributed by atoms with Crippen LogP contribution in [0, 0.1) is 5.92 Å². The lowest BCUT2D eigenvalue weighted by Gasteiger charge is -2.17. The van der Waals surface area contributed by atoms with E-state index in [4.69, 9.17) is 9.47 Å². The minimum atomic E-state index is -0.902. The molecular weight excluding hydrogens is 246 g/mol. The molecule has 0 aromatic carbocycles. The van der Waals surface area contributed by atoms with Gasteiger partial charge in [-0.25, -0.2) is 4.79 Å². The zero-order valence-corrected chi connectivity index (χ0v) is 12.9. The van der Waals surface area contributed by atoms with E-state index in [-0.39, 0.29) is 11.5 Å². The SMILES string of the molecule is CC(/C=N/C(C)(C)C)OC(=O)C(C)OC(=O)C(C)C. The highest BCUT2D eigenvalue weighted by atomic mass is 16.6. The predicted molar refractivity (Wildman–Crippen MR) is 74.2 cm³/mol. The minimum Gasteiger partial charge on any atom is -0.454 e. The highest BCUT2D eigenvalue weighted by Crippen LogP contribution is 2.07. The van der Waals surface area contributed by atoms with Crippen LogP contribution in [0.5, 0.6) is 0 Å². The molecule has 0 amide bonds. The van der Waals surface area contributed by atoms with E-state index in [2.05, 4.69) is 4.99 Å². The first-order valence-corrected chi connectivity index (χ1v) is 6.49. The Labute approximate surface area is 115 Å². The molecule has 0 aromatic rings. The van der Waals surface area contributed by atoms with Crippen LogP contribution in [0.2, 0.25) is 0 Å². The molecule has 0 saturated carbocycles. The lowest BCUT2D eigenvalue weighted by Crippen LogP contribution is -2.31. The molecule has 0 saturated heterocycles. The van der Waals surface area contributed by atoms with E-state index in [1.807, 2.05) is 20.8 Å². The summed E-state index contributed by atoms with van der Waals surface area (Å²) < 4.78 is 10.1. The first-order valence-electron chi connectivity index (χ1n) is 6.49. The third kappa shape index (κ3) is 8.35. The third-order valence-corrected chi connectivity index (χ3v) is 2.07. The molecule has 0 aliphatic rings. The number of rotatable bonds is 5. The van der Waals surface area contributed by atoms with Gasteiger partial charge in [-0.05, 0) is 34.6 Å². The molecular formula is C14H25NO4. The van der Waals surface area contributed by atoms with E-state index in [0.29, 0.717) is 0 Å². The lowest BCUT2D eigenvalue weighted by atomic mass is 10.1. The van der Waals surface area contributed by atoms with Crippen LogP contribution in [0.1, 0.15) is 48.5 Å². The van der Waals surface area contributed by atoms with Crippen LogP contribution in [-0.2, 0) is 19.1 Å². The number of nitrogens with zero attached hydrogens (tertiary/aromatic N) is 1. The van der Waals surface area contributed by atoms with Crippen LogP contribution >= 0.6 is 0 Å². The van der Waals surface area contributed by atoms with E-state index < -0.39 is 24.1 Å². The van der Waals surface area contributed by atoms with Gasteiger partial charge in [0.05, 0.1) is 11.5 Å².